The first-order chi connectivity index (χ1) is 9.36. The fraction of sp³-hybridized carbons (Fsp3) is 0.0667. The predicted octanol–water partition coefficient (Wildman–Crippen LogP) is 2.91. The van der Waals surface area contributed by atoms with Gasteiger partial charge in [0.05, 0.1) is 12.9 Å². The molecule has 1 heterocycles. The van der Waals surface area contributed by atoms with E-state index in [9.17, 15) is 5.21 Å². The second kappa shape index (κ2) is 4.94. The highest BCUT2D eigenvalue weighted by atomic mass is 16.4. The van der Waals surface area contributed by atoms with Crippen molar-refractivity contribution in [2.24, 2.45) is 5.16 Å². The van der Waals surface area contributed by atoms with E-state index in [1.165, 1.54) is 5.39 Å². The summed E-state index contributed by atoms with van der Waals surface area (Å²) in [6.45, 7) is 0.495. The lowest BCUT2D eigenvalue weighted by molar-refractivity contribution is 0.317. The third kappa shape index (κ3) is 2.33. The van der Waals surface area contributed by atoms with E-state index in [1.807, 2.05) is 47.2 Å². The van der Waals surface area contributed by atoms with E-state index in [-0.39, 0.29) is 0 Å². The van der Waals surface area contributed by atoms with Gasteiger partial charge in [-0.1, -0.05) is 41.6 Å². The van der Waals surface area contributed by atoms with Gasteiger partial charge in [-0.05, 0) is 16.8 Å². The Morgan fingerprint density at radius 3 is 2.74 bits per heavy atom. The van der Waals surface area contributed by atoms with E-state index in [0.717, 1.165) is 10.9 Å². The summed E-state index contributed by atoms with van der Waals surface area (Å²) < 4.78 is 1.87. The highest BCUT2D eigenvalue weighted by Gasteiger charge is 2.06. The summed E-state index contributed by atoms with van der Waals surface area (Å²) in [6.07, 6.45) is 5.24. The molecule has 19 heavy (non-hydrogen) atoms. The number of hydrogen-bond donors (Lipinski definition) is 1. The molecule has 0 aliphatic rings. The average molecular weight is 251 g/mol. The van der Waals surface area contributed by atoms with Crippen LogP contribution in [0.4, 0.5) is 0 Å². The number of benzene rings is 2. The second-order valence-electron chi connectivity index (χ2n) is 4.34. The number of nitrogens with zero attached hydrogens (tertiary/aromatic N) is 3. The number of fused-ring (bicyclic) bond motifs is 1. The summed E-state index contributed by atoms with van der Waals surface area (Å²) in [6, 6.07) is 14.1. The maximum absolute atomic E-state index is 9.20. The van der Waals surface area contributed by atoms with Gasteiger partial charge in [-0.25, -0.2) is 4.98 Å². The smallest absolute Gasteiger partial charge is 0.106 e. The molecule has 0 radical (unpaired) electrons. The lowest BCUT2D eigenvalue weighted by Gasteiger charge is -2.07. The van der Waals surface area contributed by atoms with Gasteiger partial charge in [0.25, 0.3) is 0 Å². The molecule has 0 saturated heterocycles. The Hall–Kier alpha value is -2.62. The Kier molecular flexibility index (Phi) is 2.98. The standard InChI is InChI=1S/C15H13N3O/c19-17-15(10-18-8-7-16-11-18)14-6-5-12-3-1-2-4-13(12)9-14/h1-9,11,19H,10H2/b17-15-. The van der Waals surface area contributed by atoms with Crippen molar-refractivity contribution in [3.8, 4) is 0 Å². The van der Waals surface area contributed by atoms with E-state index in [2.05, 4.69) is 16.2 Å². The summed E-state index contributed by atoms with van der Waals surface area (Å²) in [5, 5.41) is 14.9. The van der Waals surface area contributed by atoms with Crippen LogP contribution in [0.1, 0.15) is 5.56 Å². The molecule has 94 valence electrons. The maximum Gasteiger partial charge on any atom is 0.106 e. The fourth-order valence-electron chi connectivity index (χ4n) is 2.10. The first kappa shape index (κ1) is 11.5. The van der Waals surface area contributed by atoms with Crippen molar-refractivity contribution in [2.75, 3.05) is 0 Å². The molecule has 4 heteroatoms. The highest BCUT2D eigenvalue weighted by molar-refractivity contribution is 6.03. The van der Waals surface area contributed by atoms with Crippen LogP contribution >= 0.6 is 0 Å². The molecular weight excluding hydrogens is 238 g/mol. The molecule has 4 nitrogen and oxygen atoms in total. The number of hydrogen-bond acceptors (Lipinski definition) is 3. The zero-order valence-electron chi connectivity index (χ0n) is 10.3. The van der Waals surface area contributed by atoms with E-state index in [1.54, 1.807) is 12.5 Å². The van der Waals surface area contributed by atoms with Crippen LogP contribution < -0.4 is 0 Å². The van der Waals surface area contributed by atoms with Crippen LogP contribution in [0.25, 0.3) is 10.8 Å². The minimum Gasteiger partial charge on any atom is -0.411 e. The monoisotopic (exact) mass is 251 g/mol. The lowest BCUT2D eigenvalue weighted by Crippen LogP contribution is -2.10. The summed E-state index contributed by atoms with van der Waals surface area (Å²) in [4.78, 5) is 3.98. The molecule has 0 unspecified atom stereocenters. The van der Waals surface area contributed by atoms with E-state index >= 15 is 0 Å². The first-order valence-corrected chi connectivity index (χ1v) is 6.02. The minimum absolute atomic E-state index is 0.495. The van der Waals surface area contributed by atoms with Gasteiger partial charge in [-0.3, -0.25) is 0 Å². The summed E-state index contributed by atoms with van der Waals surface area (Å²) in [7, 11) is 0. The van der Waals surface area contributed by atoms with Crippen LogP contribution in [0.3, 0.4) is 0 Å². The van der Waals surface area contributed by atoms with Crippen molar-refractivity contribution >= 4 is 16.5 Å². The van der Waals surface area contributed by atoms with E-state index < -0.39 is 0 Å². The van der Waals surface area contributed by atoms with Gasteiger partial charge < -0.3 is 9.77 Å². The first-order valence-electron chi connectivity index (χ1n) is 6.02. The van der Waals surface area contributed by atoms with Crippen molar-refractivity contribution in [2.45, 2.75) is 6.54 Å². The molecule has 0 aliphatic carbocycles. The van der Waals surface area contributed by atoms with Gasteiger partial charge in [0, 0.05) is 18.0 Å². The maximum atomic E-state index is 9.20. The topological polar surface area (TPSA) is 50.4 Å². The van der Waals surface area contributed by atoms with Crippen molar-refractivity contribution in [3.05, 3.63) is 66.7 Å². The molecule has 3 rings (SSSR count). The van der Waals surface area contributed by atoms with E-state index in [4.69, 9.17) is 0 Å². The Bertz CT molecular complexity index is 717. The second-order valence-corrected chi connectivity index (χ2v) is 4.34. The van der Waals surface area contributed by atoms with Gasteiger partial charge in [0.15, 0.2) is 0 Å². The molecule has 1 aromatic heterocycles. The number of rotatable bonds is 3. The molecule has 0 aliphatic heterocycles. The normalized spacial score (nSPS) is 11.9. The lowest BCUT2D eigenvalue weighted by atomic mass is 10.0. The molecule has 0 fully saturated rings. The van der Waals surface area contributed by atoms with Crippen LogP contribution in [0, 0.1) is 0 Å². The van der Waals surface area contributed by atoms with Crippen LogP contribution in [0.5, 0.6) is 0 Å². The third-order valence-electron chi connectivity index (χ3n) is 3.09. The molecule has 0 amide bonds. The van der Waals surface area contributed by atoms with Gasteiger partial charge >= 0.3 is 0 Å². The van der Waals surface area contributed by atoms with Crippen LogP contribution in [-0.4, -0.2) is 20.5 Å². The molecule has 1 N–H and O–H groups in total. The third-order valence-corrected chi connectivity index (χ3v) is 3.09. The number of imidazole rings is 1. The minimum atomic E-state index is 0.495. The largest absolute Gasteiger partial charge is 0.411 e. The average Bonchev–Trinajstić information content (AvgIpc) is 2.97. The van der Waals surface area contributed by atoms with Gasteiger partial charge in [0.1, 0.15) is 5.71 Å². The quantitative estimate of drug-likeness (QED) is 0.442. The SMILES string of the molecule is O/N=C(/Cn1ccnc1)c1ccc2ccccc2c1. The Balaban J connectivity index is 1.97. The fourth-order valence-corrected chi connectivity index (χ4v) is 2.10. The molecule has 0 atom stereocenters. The van der Waals surface area contributed by atoms with Crippen LogP contribution in [0.2, 0.25) is 0 Å². The number of aromatic nitrogens is 2. The molecule has 0 spiro atoms. The van der Waals surface area contributed by atoms with Gasteiger partial charge in [-0.2, -0.15) is 0 Å². The molecule has 3 aromatic rings. The van der Waals surface area contributed by atoms with Crippen molar-refractivity contribution in [1.82, 2.24) is 9.55 Å². The van der Waals surface area contributed by atoms with Crippen LogP contribution in [-0.2, 0) is 6.54 Å². The summed E-state index contributed by atoms with van der Waals surface area (Å²) in [5.74, 6) is 0. The van der Waals surface area contributed by atoms with Crippen molar-refractivity contribution < 1.29 is 5.21 Å². The Morgan fingerprint density at radius 2 is 2.00 bits per heavy atom. The Morgan fingerprint density at radius 1 is 1.16 bits per heavy atom. The Labute approximate surface area is 110 Å². The summed E-state index contributed by atoms with van der Waals surface area (Å²) >= 11 is 0. The zero-order chi connectivity index (χ0) is 13.1. The predicted molar refractivity (Wildman–Crippen MR) is 74.5 cm³/mol. The van der Waals surface area contributed by atoms with Gasteiger partial charge in [-0.15, -0.1) is 0 Å². The molecular formula is C15H13N3O. The number of oxime groups is 1. The molecule has 0 saturated carbocycles. The molecule has 0 bridgehead atoms. The van der Waals surface area contributed by atoms with Crippen LogP contribution in [0.15, 0.2) is 66.3 Å². The van der Waals surface area contributed by atoms with Crippen molar-refractivity contribution in [1.29, 1.82) is 0 Å². The summed E-state index contributed by atoms with van der Waals surface area (Å²) in [5.41, 5.74) is 1.53. The molecule has 2 aromatic carbocycles. The van der Waals surface area contributed by atoms with Gasteiger partial charge in [0.2, 0.25) is 0 Å². The van der Waals surface area contributed by atoms with E-state index in [0.29, 0.717) is 12.3 Å². The van der Waals surface area contributed by atoms with Crippen molar-refractivity contribution in [3.63, 3.8) is 0 Å². The zero-order valence-corrected chi connectivity index (χ0v) is 10.3. The highest BCUT2D eigenvalue weighted by Crippen LogP contribution is 2.16.